The fraction of sp³-hybridized carbons (Fsp3) is 0.143. The summed E-state index contributed by atoms with van der Waals surface area (Å²) in [6.45, 7) is 1.64. The quantitative estimate of drug-likeness (QED) is 0.351. The molecule has 0 spiro atoms. The number of hydrogen-bond donors (Lipinski definition) is 2. The Morgan fingerprint density at radius 1 is 1.60 bits per heavy atom. The second-order valence-corrected chi connectivity index (χ2v) is 1.57. The van der Waals surface area contributed by atoms with Gasteiger partial charge in [0.15, 0.2) is 0 Å². The maximum Gasteiger partial charge on any atom is 0.335 e. The van der Waals surface area contributed by atoms with Crippen molar-refractivity contribution in [2.24, 2.45) is 0 Å². The Labute approximate surface area is 59.2 Å². The van der Waals surface area contributed by atoms with Gasteiger partial charge >= 0.3 is 5.97 Å². The van der Waals surface area contributed by atoms with Gasteiger partial charge in [0.05, 0.1) is 5.57 Å². The lowest BCUT2D eigenvalue weighted by Gasteiger charge is -1.88. The zero-order valence-electron chi connectivity index (χ0n) is 5.66. The largest absolute Gasteiger partial charge is 0.478 e. The molecule has 0 radical (unpaired) electrons. The second kappa shape index (κ2) is 4.49. The molecule has 54 valence electrons. The molecule has 3 heteroatoms. The van der Waals surface area contributed by atoms with Crippen molar-refractivity contribution in [1.82, 2.24) is 0 Å². The van der Waals surface area contributed by atoms with E-state index in [1.54, 1.807) is 6.92 Å². The first kappa shape index (κ1) is 8.62. The maximum absolute atomic E-state index is 10.2. The molecular formula is C7H9NO2. The summed E-state index contributed by atoms with van der Waals surface area (Å²) >= 11 is 0. The highest BCUT2D eigenvalue weighted by molar-refractivity contribution is 5.90. The molecule has 10 heavy (non-hydrogen) atoms. The summed E-state index contributed by atoms with van der Waals surface area (Å²) in [5, 5.41) is 15.0. The van der Waals surface area contributed by atoms with E-state index in [9.17, 15) is 4.79 Å². The van der Waals surface area contributed by atoms with Crippen LogP contribution in [0.2, 0.25) is 0 Å². The summed E-state index contributed by atoms with van der Waals surface area (Å²) < 4.78 is 0. The molecule has 0 fully saturated rings. The lowest BCUT2D eigenvalue weighted by Crippen LogP contribution is -1.96. The van der Waals surface area contributed by atoms with Gasteiger partial charge in [-0.25, -0.2) is 4.79 Å². The highest BCUT2D eigenvalue weighted by Crippen LogP contribution is 1.94. The smallest absolute Gasteiger partial charge is 0.335 e. The first-order valence-corrected chi connectivity index (χ1v) is 2.79. The van der Waals surface area contributed by atoms with Crippen LogP contribution < -0.4 is 0 Å². The van der Waals surface area contributed by atoms with Crippen LogP contribution in [-0.4, -0.2) is 17.3 Å². The molecule has 0 amide bonds. The first-order chi connectivity index (χ1) is 4.72. The third-order valence-corrected chi connectivity index (χ3v) is 0.930. The van der Waals surface area contributed by atoms with E-state index in [0.29, 0.717) is 0 Å². The van der Waals surface area contributed by atoms with E-state index < -0.39 is 5.97 Å². The van der Waals surface area contributed by atoms with Crippen LogP contribution in [-0.2, 0) is 4.79 Å². The van der Waals surface area contributed by atoms with Crippen LogP contribution in [0, 0.1) is 5.41 Å². The molecule has 0 atom stereocenters. The predicted octanol–water partition coefficient (Wildman–Crippen LogP) is 1.22. The summed E-state index contributed by atoms with van der Waals surface area (Å²) in [5.41, 5.74) is 0.198. The van der Waals surface area contributed by atoms with Gasteiger partial charge < -0.3 is 10.5 Å². The van der Waals surface area contributed by atoms with Gasteiger partial charge in [-0.1, -0.05) is 6.08 Å². The zero-order chi connectivity index (χ0) is 7.98. The monoisotopic (exact) mass is 139 g/mol. The molecule has 0 bridgehead atoms. The summed E-state index contributed by atoms with van der Waals surface area (Å²) in [7, 11) is 0. The summed E-state index contributed by atoms with van der Waals surface area (Å²) in [6, 6.07) is 0. The van der Waals surface area contributed by atoms with Gasteiger partial charge in [-0.05, 0) is 19.1 Å². The minimum Gasteiger partial charge on any atom is -0.478 e. The average molecular weight is 139 g/mol. The number of carbonyl (C=O) groups is 1. The Kier molecular flexibility index (Phi) is 3.87. The Bertz CT molecular complexity index is 192. The fourth-order valence-electron chi connectivity index (χ4n) is 0.443. The minimum atomic E-state index is -0.972. The lowest BCUT2D eigenvalue weighted by atomic mass is 10.2. The van der Waals surface area contributed by atoms with Crippen molar-refractivity contribution < 1.29 is 9.90 Å². The van der Waals surface area contributed by atoms with E-state index in [-0.39, 0.29) is 5.57 Å². The van der Waals surface area contributed by atoms with Gasteiger partial charge in [-0.15, -0.1) is 0 Å². The number of carboxylic acids is 1. The highest BCUT2D eigenvalue weighted by atomic mass is 16.4. The van der Waals surface area contributed by atoms with Crippen molar-refractivity contribution in [3.8, 4) is 0 Å². The van der Waals surface area contributed by atoms with Crippen LogP contribution in [0.25, 0.3) is 0 Å². The van der Waals surface area contributed by atoms with Crippen molar-refractivity contribution in [1.29, 1.82) is 5.41 Å². The topological polar surface area (TPSA) is 61.2 Å². The second-order valence-electron chi connectivity index (χ2n) is 1.57. The van der Waals surface area contributed by atoms with Gasteiger partial charge in [0, 0.05) is 6.21 Å². The molecule has 0 aromatic rings. The number of carboxylic acid groups (broad SMARTS) is 1. The summed E-state index contributed by atoms with van der Waals surface area (Å²) in [4.78, 5) is 10.2. The molecule has 0 rings (SSSR count). The molecule has 0 aliphatic rings. The normalized spacial score (nSPS) is 11.9. The number of nitrogens with one attached hydrogen (secondary N) is 1. The zero-order valence-corrected chi connectivity index (χ0v) is 5.66. The number of allylic oxidation sites excluding steroid dienone is 2. The van der Waals surface area contributed by atoms with Crippen LogP contribution in [0.15, 0.2) is 23.8 Å². The molecule has 0 aliphatic heterocycles. The Morgan fingerprint density at radius 3 is 2.50 bits per heavy atom. The van der Waals surface area contributed by atoms with Gasteiger partial charge in [-0.2, -0.15) is 0 Å². The van der Waals surface area contributed by atoms with Crippen molar-refractivity contribution in [2.75, 3.05) is 0 Å². The SMILES string of the molecule is C/C=C(\C=C/C=N)C(=O)O. The Hall–Kier alpha value is -1.38. The predicted molar refractivity (Wildman–Crippen MR) is 39.3 cm³/mol. The van der Waals surface area contributed by atoms with Crippen molar-refractivity contribution in [2.45, 2.75) is 6.92 Å². The van der Waals surface area contributed by atoms with Gasteiger partial charge in [0.2, 0.25) is 0 Å². The third kappa shape index (κ3) is 2.81. The van der Waals surface area contributed by atoms with E-state index >= 15 is 0 Å². The van der Waals surface area contributed by atoms with Crippen LogP contribution in [0.1, 0.15) is 6.92 Å². The van der Waals surface area contributed by atoms with E-state index in [4.69, 9.17) is 10.5 Å². The maximum atomic E-state index is 10.2. The fourth-order valence-corrected chi connectivity index (χ4v) is 0.443. The van der Waals surface area contributed by atoms with Crippen molar-refractivity contribution in [3.05, 3.63) is 23.8 Å². The highest BCUT2D eigenvalue weighted by Gasteiger charge is 1.98. The Balaban J connectivity index is 4.25. The van der Waals surface area contributed by atoms with Gasteiger partial charge in [0.25, 0.3) is 0 Å². The van der Waals surface area contributed by atoms with E-state index in [1.807, 2.05) is 0 Å². The molecular weight excluding hydrogens is 130 g/mol. The molecule has 0 aromatic heterocycles. The standard InChI is InChI=1S/C7H9NO2/c1-2-6(7(9)10)4-3-5-8/h2-5,8H,1H3,(H,9,10)/b4-3-,6-2+,8-5?. The molecule has 0 aromatic carbocycles. The van der Waals surface area contributed by atoms with Crippen LogP contribution in [0.5, 0.6) is 0 Å². The molecule has 0 saturated carbocycles. The van der Waals surface area contributed by atoms with Crippen LogP contribution in [0.4, 0.5) is 0 Å². The van der Waals surface area contributed by atoms with E-state index in [1.165, 1.54) is 18.2 Å². The first-order valence-electron chi connectivity index (χ1n) is 2.79. The molecule has 0 heterocycles. The molecule has 0 saturated heterocycles. The van der Waals surface area contributed by atoms with E-state index in [2.05, 4.69) is 0 Å². The number of hydrogen-bond acceptors (Lipinski definition) is 2. The molecule has 3 nitrogen and oxygen atoms in total. The average Bonchev–Trinajstić information content (AvgIpc) is 1.89. The van der Waals surface area contributed by atoms with Crippen molar-refractivity contribution in [3.63, 3.8) is 0 Å². The molecule has 0 unspecified atom stereocenters. The number of aliphatic carboxylic acids is 1. The summed E-state index contributed by atoms with van der Waals surface area (Å²) in [6.07, 6.45) is 5.24. The minimum absolute atomic E-state index is 0.198. The summed E-state index contributed by atoms with van der Waals surface area (Å²) in [5.74, 6) is -0.972. The van der Waals surface area contributed by atoms with Crippen LogP contribution >= 0.6 is 0 Å². The van der Waals surface area contributed by atoms with Crippen LogP contribution in [0.3, 0.4) is 0 Å². The van der Waals surface area contributed by atoms with Crippen molar-refractivity contribution >= 4 is 12.2 Å². The van der Waals surface area contributed by atoms with Gasteiger partial charge in [-0.3, -0.25) is 0 Å². The van der Waals surface area contributed by atoms with Gasteiger partial charge in [0.1, 0.15) is 0 Å². The lowest BCUT2D eigenvalue weighted by molar-refractivity contribution is -0.132. The Morgan fingerprint density at radius 2 is 2.20 bits per heavy atom. The number of rotatable bonds is 3. The van der Waals surface area contributed by atoms with E-state index in [0.717, 1.165) is 6.21 Å². The molecule has 0 aliphatic carbocycles. The molecule has 2 N–H and O–H groups in total. The third-order valence-electron chi connectivity index (χ3n) is 0.930.